The molecule has 1 amide bonds. The number of aliphatic hydroxyl groups is 1. The molecule has 3 aliphatic heterocycles. The highest BCUT2D eigenvalue weighted by atomic mass is 32.2. The van der Waals surface area contributed by atoms with Gasteiger partial charge in [-0.05, 0) is 49.8 Å². The minimum atomic E-state index is -0.275. The largest absolute Gasteiger partial charge is 0.395 e. The molecule has 4 bridgehead atoms. The van der Waals surface area contributed by atoms with Gasteiger partial charge in [-0.15, -0.1) is 0 Å². The molecule has 10 heteroatoms. The number of aromatic nitrogens is 2. The number of amides is 1. The third kappa shape index (κ3) is 5.98. The Balaban J connectivity index is 1.66. The molecular weight excluding hydrogens is 450 g/mol. The first-order chi connectivity index (χ1) is 16.7. The molecule has 4 N–H and O–H groups in total. The number of carbonyl (C=O) groups excluding carboxylic acids is 1. The van der Waals surface area contributed by atoms with Gasteiger partial charge in [0.15, 0.2) is 17.3 Å². The van der Waals surface area contributed by atoms with Crippen LogP contribution in [0.1, 0.15) is 41.7 Å². The maximum absolute atomic E-state index is 13.3. The molecule has 5 rings (SSSR count). The van der Waals surface area contributed by atoms with E-state index in [1.54, 1.807) is 0 Å². The molecule has 0 saturated carbocycles. The Labute approximate surface area is 203 Å². The number of allylic oxidation sites excluding steroid dienone is 1. The van der Waals surface area contributed by atoms with Crippen LogP contribution in [0.25, 0.3) is 0 Å². The average Bonchev–Trinajstić information content (AvgIpc) is 2.86. The molecule has 1 aromatic heterocycles. The van der Waals surface area contributed by atoms with Gasteiger partial charge in [0.05, 0.1) is 24.1 Å². The maximum atomic E-state index is 13.3. The van der Waals surface area contributed by atoms with E-state index in [-0.39, 0.29) is 24.0 Å². The Morgan fingerprint density at radius 2 is 2.15 bits per heavy atom. The maximum Gasteiger partial charge on any atom is 0.258 e. The molecule has 34 heavy (non-hydrogen) atoms. The van der Waals surface area contributed by atoms with E-state index < -0.39 is 0 Å². The summed E-state index contributed by atoms with van der Waals surface area (Å²) in [6.07, 6.45) is 9.81. The second-order valence-electron chi connectivity index (χ2n) is 8.28. The number of rotatable bonds is 4. The molecule has 9 nitrogen and oxygen atoms in total. The van der Waals surface area contributed by atoms with Crippen molar-refractivity contribution in [2.24, 2.45) is 5.92 Å². The highest BCUT2D eigenvalue weighted by Gasteiger charge is 2.23. The van der Waals surface area contributed by atoms with E-state index in [0.29, 0.717) is 29.6 Å². The van der Waals surface area contributed by atoms with Crippen molar-refractivity contribution in [3.63, 3.8) is 0 Å². The number of nitrogens with zero attached hydrogens (tertiary/aromatic N) is 4. The molecule has 1 fully saturated rings. The van der Waals surface area contributed by atoms with Crippen LogP contribution < -0.4 is 20.3 Å². The average molecular weight is 480 g/mol. The van der Waals surface area contributed by atoms with Gasteiger partial charge in [-0.25, -0.2) is 9.97 Å². The number of hydrogen-bond acceptors (Lipinski definition) is 9. The summed E-state index contributed by atoms with van der Waals surface area (Å²) >= 11 is 1.42. The lowest BCUT2D eigenvalue weighted by molar-refractivity contribution is 0.102. The van der Waals surface area contributed by atoms with Crippen molar-refractivity contribution in [1.29, 1.82) is 5.26 Å². The number of nitrogens with one attached hydrogen (secondary N) is 3. The first kappa shape index (κ1) is 23.9. The number of piperidine rings is 1. The normalized spacial score (nSPS) is 17.6. The van der Waals surface area contributed by atoms with Gasteiger partial charge in [-0.1, -0.05) is 24.1 Å². The Morgan fingerprint density at radius 3 is 2.94 bits per heavy atom. The Bertz CT molecular complexity index is 1080. The fourth-order valence-corrected chi connectivity index (χ4v) is 4.64. The molecule has 1 saturated heterocycles. The molecule has 0 radical (unpaired) electrons. The summed E-state index contributed by atoms with van der Waals surface area (Å²) in [7, 11) is 0. The first-order valence-electron chi connectivity index (χ1n) is 11.5. The van der Waals surface area contributed by atoms with Gasteiger partial charge >= 0.3 is 0 Å². The zero-order chi connectivity index (χ0) is 23.8. The summed E-state index contributed by atoms with van der Waals surface area (Å²) in [6.45, 7) is 2.49. The van der Waals surface area contributed by atoms with Gasteiger partial charge in [0.25, 0.3) is 5.91 Å². The van der Waals surface area contributed by atoms with Crippen LogP contribution in [0.4, 0.5) is 23.0 Å². The zero-order valence-corrected chi connectivity index (χ0v) is 19.8. The van der Waals surface area contributed by atoms with Crippen LogP contribution in [0.5, 0.6) is 0 Å². The summed E-state index contributed by atoms with van der Waals surface area (Å²) < 4.78 is 3.24. The highest BCUT2D eigenvalue weighted by Crippen LogP contribution is 2.32. The third-order valence-corrected chi connectivity index (χ3v) is 6.71. The quantitative estimate of drug-likeness (QED) is 0.295. The summed E-state index contributed by atoms with van der Waals surface area (Å²) in [5.41, 5.74) is 2.50. The number of aliphatic hydroxyl groups excluding tert-OH is 1. The number of nitriles is 1. The van der Waals surface area contributed by atoms with Crippen LogP contribution >= 0.6 is 11.9 Å². The lowest BCUT2D eigenvalue weighted by Crippen LogP contribution is -2.35. The van der Waals surface area contributed by atoms with Gasteiger partial charge in [0, 0.05) is 31.1 Å². The topological polar surface area (TPSA) is 126 Å². The molecule has 0 unspecified atom stereocenters. The summed E-state index contributed by atoms with van der Waals surface area (Å²) in [6, 6.07) is 7.71. The molecule has 4 heterocycles. The van der Waals surface area contributed by atoms with Crippen molar-refractivity contribution in [2.75, 3.05) is 52.2 Å². The molecule has 0 atom stereocenters. The smallest absolute Gasteiger partial charge is 0.258 e. The molecule has 0 aliphatic carbocycles. The van der Waals surface area contributed by atoms with Crippen LogP contribution in [0.2, 0.25) is 0 Å². The molecule has 1 aromatic carbocycles. The highest BCUT2D eigenvalue weighted by molar-refractivity contribution is 8.00. The number of anilines is 4. The van der Waals surface area contributed by atoms with Gasteiger partial charge in [0.1, 0.15) is 6.07 Å². The summed E-state index contributed by atoms with van der Waals surface area (Å²) in [4.78, 5) is 24.2. The van der Waals surface area contributed by atoms with E-state index in [1.165, 1.54) is 18.1 Å². The second kappa shape index (κ2) is 11.7. The second-order valence-corrected chi connectivity index (χ2v) is 9.18. The number of fused-ring (bicyclic) bond motifs is 7. The van der Waals surface area contributed by atoms with Gasteiger partial charge in [0.2, 0.25) is 0 Å². The van der Waals surface area contributed by atoms with Crippen molar-refractivity contribution in [2.45, 2.75) is 25.7 Å². The van der Waals surface area contributed by atoms with Gasteiger partial charge < -0.3 is 25.4 Å². The van der Waals surface area contributed by atoms with Crippen LogP contribution in [0.15, 0.2) is 36.5 Å². The predicted molar refractivity (Wildman–Crippen MR) is 136 cm³/mol. The van der Waals surface area contributed by atoms with E-state index in [2.05, 4.69) is 42.4 Å². The standard InChI is InChI=1S/C24H29N7O2S/c25-15-20-23-26-9-3-1-2-4-17-7-10-31(11-8-17)21-14-18(30-34-13-12-32)5-6-19(21)24(33)29-22(28-23)16-27-20/h1-2,5-6,14,16-17,30,32H,3-4,7-13H2,(H2,26,28,29,33)/b2-1+. The number of benzene rings is 1. The van der Waals surface area contributed by atoms with Crippen LogP contribution in [-0.2, 0) is 0 Å². The predicted octanol–water partition coefficient (Wildman–Crippen LogP) is 3.63. The van der Waals surface area contributed by atoms with E-state index in [1.807, 2.05) is 24.3 Å². The van der Waals surface area contributed by atoms with Crippen LogP contribution in [0.3, 0.4) is 0 Å². The van der Waals surface area contributed by atoms with Crippen molar-refractivity contribution in [1.82, 2.24) is 9.97 Å². The van der Waals surface area contributed by atoms with Gasteiger partial charge in [-0.2, -0.15) is 5.26 Å². The summed E-state index contributed by atoms with van der Waals surface area (Å²) in [5.74, 6) is 1.58. The van der Waals surface area contributed by atoms with Crippen molar-refractivity contribution in [3.05, 3.63) is 47.8 Å². The van der Waals surface area contributed by atoms with E-state index >= 15 is 0 Å². The molecular formula is C24H29N7O2S. The Hall–Kier alpha value is -3.29. The Morgan fingerprint density at radius 1 is 1.29 bits per heavy atom. The number of carbonyl (C=O) groups is 1. The zero-order valence-electron chi connectivity index (χ0n) is 19.0. The molecule has 2 aromatic rings. The van der Waals surface area contributed by atoms with Crippen LogP contribution in [-0.4, -0.2) is 53.0 Å². The van der Waals surface area contributed by atoms with Gasteiger partial charge in [-0.3, -0.25) is 4.79 Å². The monoisotopic (exact) mass is 479 g/mol. The fraction of sp³-hybridized carbons (Fsp3) is 0.417. The third-order valence-electron chi connectivity index (χ3n) is 5.94. The SMILES string of the molecule is N#Cc1ncc2nc1NCC/C=C/CC1CCN(CC1)c1cc(NSCCO)ccc1C(=O)N2. The Kier molecular flexibility index (Phi) is 8.22. The molecule has 178 valence electrons. The van der Waals surface area contributed by atoms with E-state index in [9.17, 15) is 10.1 Å². The summed E-state index contributed by atoms with van der Waals surface area (Å²) in [5, 5.41) is 24.4. The minimum Gasteiger partial charge on any atom is -0.395 e. The minimum absolute atomic E-state index is 0.0927. The number of hydrogen-bond donors (Lipinski definition) is 4. The fourth-order valence-electron chi connectivity index (χ4n) is 4.16. The molecule has 3 aliphatic rings. The lowest BCUT2D eigenvalue weighted by atomic mass is 9.92. The first-order valence-corrected chi connectivity index (χ1v) is 12.5. The van der Waals surface area contributed by atoms with Crippen molar-refractivity contribution in [3.8, 4) is 6.07 Å². The van der Waals surface area contributed by atoms with E-state index in [0.717, 1.165) is 50.1 Å². The van der Waals surface area contributed by atoms with Crippen LogP contribution in [0, 0.1) is 17.2 Å². The van der Waals surface area contributed by atoms with Crippen molar-refractivity contribution >= 4 is 40.9 Å². The van der Waals surface area contributed by atoms with Crippen molar-refractivity contribution < 1.29 is 9.90 Å². The molecule has 0 spiro atoms. The van der Waals surface area contributed by atoms with E-state index in [4.69, 9.17) is 5.11 Å². The lowest BCUT2D eigenvalue weighted by Gasteiger charge is -2.34.